The Morgan fingerprint density at radius 1 is 1.40 bits per heavy atom. The van der Waals surface area contributed by atoms with Gasteiger partial charge in [0.2, 0.25) is 5.91 Å². The summed E-state index contributed by atoms with van der Waals surface area (Å²) in [5, 5.41) is 3.87. The topological polar surface area (TPSA) is 67.2 Å². The van der Waals surface area contributed by atoms with Gasteiger partial charge in [0.05, 0.1) is 0 Å². The highest BCUT2D eigenvalue weighted by atomic mass is 32.2. The molecule has 0 saturated carbocycles. The SMILES string of the molecule is Cn1ccnc1SCCNC(=O)c1cccc(CN2CCCC2=O)c1. The average Bonchev–Trinajstić information content (AvgIpc) is 3.20. The molecule has 1 saturated heterocycles. The van der Waals surface area contributed by atoms with Gasteiger partial charge in [-0.2, -0.15) is 0 Å². The summed E-state index contributed by atoms with van der Waals surface area (Å²) in [6.07, 6.45) is 5.22. The number of carbonyl (C=O) groups is 2. The third-order valence-electron chi connectivity index (χ3n) is 4.13. The number of nitrogens with zero attached hydrogens (tertiary/aromatic N) is 3. The van der Waals surface area contributed by atoms with Crippen LogP contribution in [-0.2, 0) is 18.4 Å². The van der Waals surface area contributed by atoms with Gasteiger partial charge in [-0.1, -0.05) is 23.9 Å². The van der Waals surface area contributed by atoms with E-state index in [-0.39, 0.29) is 11.8 Å². The standard InChI is InChI=1S/C18H22N4O2S/c1-21-10-7-20-18(21)25-11-8-19-17(24)15-5-2-4-14(12-15)13-22-9-3-6-16(22)23/h2,4-5,7,10,12H,3,6,8-9,11,13H2,1H3,(H,19,24). The highest BCUT2D eigenvalue weighted by molar-refractivity contribution is 7.99. The number of amides is 2. The Hall–Kier alpha value is -2.28. The Balaban J connectivity index is 1.49. The zero-order valence-electron chi connectivity index (χ0n) is 14.3. The average molecular weight is 358 g/mol. The number of hydrogen-bond donors (Lipinski definition) is 1. The maximum absolute atomic E-state index is 12.3. The normalized spacial score (nSPS) is 14.1. The minimum atomic E-state index is -0.0879. The number of hydrogen-bond acceptors (Lipinski definition) is 4. The molecule has 2 aromatic rings. The van der Waals surface area contributed by atoms with Crippen molar-refractivity contribution in [2.24, 2.45) is 7.05 Å². The highest BCUT2D eigenvalue weighted by Crippen LogP contribution is 2.16. The summed E-state index contributed by atoms with van der Waals surface area (Å²) in [5.74, 6) is 0.870. The summed E-state index contributed by atoms with van der Waals surface area (Å²) in [7, 11) is 1.95. The highest BCUT2D eigenvalue weighted by Gasteiger charge is 2.20. The largest absolute Gasteiger partial charge is 0.351 e. The first-order valence-electron chi connectivity index (χ1n) is 8.38. The van der Waals surface area contributed by atoms with E-state index >= 15 is 0 Å². The Morgan fingerprint density at radius 3 is 3.00 bits per heavy atom. The summed E-state index contributed by atoms with van der Waals surface area (Å²) in [6.45, 7) is 1.96. The van der Waals surface area contributed by atoms with Gasteiger partial charge in [-0.05, 0) is 24.1 Å². The number of imidazole rings is 1. The van der Waals surface area contributed by atoms with Gasteiger partial charge in [-0.3, -0.25) is 9.59 Å². The van der Waals surface area contributed by atoms with Crippen molar-refractivity contribution in [3.8, 4) is 0 Å². The van der Waals surface area contributed by atoms with E-state index in [1.807, 2.05) is 40.9 Å². The smallest absolute Gasteiger partial charge is 0.251 e. The van der Waals surface area contributed by atoms with Gasteiger partial charge >= 0.3 is 0 Å². The van der Waals surface area contributed by atoms with E-state index in [0.29, 0.717) is 25.1 Å². The molecule has 3 rings (SSSR count). The van der Waals surface area contributed by atoms with Crippen LogP contribution in [0.3, 0.4) is 0 Å². The maximum atomic E-state index is 12.3. The molecule has 1 aromatic carbocycles. The van der Waals surface area contributed by atoms with Crippen LogP contribution in [0, 0.1) is 0 Å². The van der Waals surface area contributed by atoms with Crippen LogP contribution in [0.15, 0.2) is 41.8 Å². The molecule has 1 N–H and O–H groups in total. The number of aryl methyl sites for hydroxylation is 1. The number of likely N-dealkylation sites (tertiary alicyclic amines) is 1. The summed E-state index contributed by atoms with van der Waals surface area (Å²) in [5.41, 5.74) is 1.62. The fourth-order valence-corrected chi connectivity index (χ4v) is 3.59. The number of aromatic nitrogens is 2. The zero-order valence-corrected chi connectivity index (χ0v) is 15.1. The molecule has 2 heterocycles. The first-order valence-corrected chi connectivity index (χ1v) is 9.37. The van der Waals surface area contributed by atoms with Crippen LogP contribution in [0.2, 0.25) is 0 Å². The van der Waals surface area contributed by atoms with Crippen LogP contribution in [0.25, 0.3) is 0 Å². The van der Waals surface area contributed by atoms with Crippen molar-refractivity contribution in [2.75, 3.05) is 18.8 Å². The number of thioether (sulfide) groups is 1. The van der Waals surface area contributed by atoms with Gasteiger partial charge in [-0.25, -0.2) is 4.98 Å². The molecule has 0 spiro atoms. The molecule has 1 aliphatic rings. The molecule has 132 valence electrons. The molecule has 1 fully saturated rings. The second-order valence-electron chi connectivity index (χ2n) is 6.04. The second-order valence-corrected chi connectivity index (χ2v) is 7.11. The first-order chi connectivity index (χ1) is 12.1. The van der Waals surface area contributed by atoms with Crippen molar-refractivity contribution in [2.45, 2.75) is 24.5 Å². The fraction of sp³-hybridized carbons (Fsp3) is 0.389. The monoisotopic (exact) mass is 358 g/mol. The fourth-order valence-electron chi connectivity index (χ4n) is 2.80. The molecule has 0 atom stereocenters. The van der Waals surface area contributed by atoms with Crippen LogP contribution in [0.1, 0.15) is 28.8 Å². The quantitative estimate of drug-likeness (QED) is 0.608. The predicted molar refractivity (Wildman–Crippen MR) is 97.4 cm³/mol. The van der Waals surface area contributed by atoms with Gasteiger partial charge in [0, 0.05) is 56.8 Å². The molecule has 7 heteroatoms. The second kappa shape index (κ2) is 8.20. The molecular weight excluding hydrogens is 336 g/mol. The Bertz CT molecular complexity index is 759. The number of carbonyl (C=O) groups excluding carboxylic acids is 2. The third-order valence-corrected chi connectivity index (χ3v) is 5.19. The van der Waals surface area contributed by atoms with Crippen LogP contribution in [0.4, 0.5) is 0 Å². The van der Waals surface area contributed by atoms with Gasteiger partial charge < -0.3 is 14.8 Å². The van der Waals surface area contributed by atoms with Crippen LogP contribution in [0.5, 0.6) is 0 Å². The summed E-state index contributed by atoms with van der Waals surface area (Å²) >= 11 is 1.61. The van der Waals surface area contributed by atoms with Crippen LogP contribution < -0.4 is 5.32 Å². The van der Waals surface area contributed by atoms with Gasteiger partial charge in [0.15, 0.2) is 5.16 Å². The summed E-state index contributed by atoms with van der Waals surface area (Å²) in [4.78, 5) is 30.1. The predicted octanol–water partition coefficient (Wildman–Crippen LogP) is 2.06. The number of nitrogens with one attached hydrogen (secondary N) is 1. The van der Waals surface area contributed by atoms with E-state index in [1.165, 1.54) is 0 Å². The van der Waals surface area contributed by atoms with E-state index in [4.69, 9.17) is 0 Å². The van der Waals surface area contributed by atoms with Crippen molar-refractivity contribution in [1.82, 2.24) is 19.8 Å². The third kappa shape index (κ3) is 4.63. The van der Waals surface area contributed by atoms with E-state index in [2.05, 4.69) is 10.3 Å². The Labute approximate surface area is 151 Å². The molecule has 1 aromatic heterocycles. The molecule has 2 amide bonds. The molecule has 25 heavy (non-hydrogen) atoms. The van der Waals surface area contributed by atoms with Crippen molar-refractivity contribution >= 4 is 23.6 Å². The molecular formula is C18H22N4O2S. The molecule has 6 nitrogen and oxygen atoms in total. The number of rotatable bonds is 7. The van der Waals surface area contributed by atoms with E-state index in [0.717, 1.165) is 29.4 Å². The summed E-state index contributed by atoms with van der Waals surface area (Å²) < 4.78 is 1.95. The molecule has 0 aliphatic carbocycles. The van der Waals surface area contributed by atoms with Gasteiger partial charge in [-0.15, -0.1) is 0 Å². The minimum absolute atomic E-state index is 0.0879. The van der Waals surface area contributed by atoms with Gasteiger partial charge in [0.25, 0.3) is 5.91 Å². The molecule has 0 unspecified atom stereocenters. The Morgan fingerprint density at radius 2 is 2.28 bits per heavy atom. The molecule has 0 radical (unpaired) electrons. The summed E-state index contributed by atoms with van der Waals surface area (Å²) in [6, 6.07) is 7.50. The first kappa shape index (κ1) is 17.5. The van der Waals surface area contributed by atoms with E-state index in [1.54, 1.807) is 24.0 Å². The van der Waals surface area contributed by atoms with Crippen molar-refractivity contribution < 1.29 is 9.59 Å². The lowest BCUT2D eigenvalue weighted by atomic mass is 10.1. The molecule has 1 aliphatic heterocycles. The maximum Gasteiger partial charge on any atom is 0.251 e. The van der Waals surface area contributed by atoms with Crippen molar-refractivity contribution in [3.63, 3.8) is 0 Å². The Kier molecular flexibility index (Phi) is 5.75. The zero-order chi connectivity index (χ0) is 17.6. The van der Waals surface area contributed by atoms with Crippen LogP contribution in [-0.4, -0.2) is 45.1 Å². The van der Waals surface area contributed by atoms with E-state index < -0.39 is 0 Å². The van der Waals surface area contributed by atoms with Crippen molar-refractivity contribution in [3.05, 3.63) is 47.8 Å². The lowest BCUT2D eigenvalue weighted by Gasteiger charge is -2.16. The minimum Gasteiger partial charge on any atom is -0.351 e. The van der Waals surface area contributed by atoms with Gasteiger partial charge in [0.1, 0.15) is 0 Å². The number of benzene rings is 1. The van der Waals surface area contributed by atoms with E-state index in [9.17, 15) is 9.59 Å². The molecule has 0 bridgehead atoms. The van der Waals surface area contributed by atoms with Crippen molar-refractivity contribution in [1.29, 1.82) is 0 Å². The van der Waals surface area contributed by atoms with Crippen LogP contribution >= 0.6 is 11.8 Å². The lowest BCUT2D eigenvalue weighted by Crippen LogP contribution is -2.26. The lowest BCUT2D eigenvalue weighted by molar-refractivity contribution is -0.128.